The number of nitriles is 1. The van der Waals surface area contributed by atoms with E-state index in [1.807, 2.05) is 41.0 Å². The number of anilines is 1. The molecule has 1 heterocycles. The van der Waals surface area contributed by atoms with E-state index in [9.17, 15) is 4.79 Å². The first kappa shape index (κ1) is 17.3. The van der Waals surface area contributed by atoms with Crippen molar-refractivity contribution in [2.45, 2.75) is 20.1 Å². The van der Waals surface area contributed by atoms with Crippen molar-refractivity contribution < 1.29 is 9.53 Å². The normalized spacial score (nSPS) is 10.2. The number of nitrogens with one attached hydrogen (secondary N) is 1. The van der Waals surface area contributed by atoms with Crippen molar-refractivity contribution in [2.24, 2.45) is 0 Å². The van der Waals surface area contributed by atoms with Crippen LogP contribution in [-0.2, 0) is 11.5 Å². The summed E-state index contributed by atoms with van der Waals surface area (Å²) in [5.41, 5.74) is 3.32. The SMILES string of the molecule is CC(=C=O)CCNc1ccc2ccn(COc3cccc(C#N)c3)c2c1. The molecule has 0 aliphatic rings. The quantitative estimate of drug-likeness (QED) is 0.654. The van der Waals surface area contributed by atoms with Gasteiger partial charge in [0.15, 0.2) is 6.73 Å². The van der Waals surface area contributed by atoms with Crippen molar-refractivity contribution in [1.29, 1.82) is 5.26 Å². The molecule has 3 rings (SSSR count). The van der Waals surface area contributed by atoms with Crippen molar-refractivity contribution in [1.82, 2.24) is 4.57 Å². The Morgan fingerprint density at radius 1 is 1.23 bits per heavy atom. The lowest BCUT2D eigenvalue weighted by molar-refractivity contribution is 0.241. The minimum atomic E-state index is 0.356. The molecular formula is C21H19N3O2. The average Bonchev–Trinajstić information content (AvgIpc) is 3.08. The molecule has 0 fully saturated rings. The Morgan fingerprint density at radius 2 is 2.12 bits per heavy atom. The van der Waals surface area contributed by atoms with E-state index in [4.69, 9.17) is 10.00 Å². The maximum absolute atomic E-state index is 10.5. The minimum Gasteiger partial charge on any atom is -0.473 e. The van der Waals surface area contributed by atoms with Gasteiger partial charge in [0.1, 0.15) is 11.7 Å². The highest BCUT2D eigenvalue weighted by atomic mass is 16.5. The van der Waals surface area contributed by atoms with Crippen molar-refractivity contribution >= 4 is 22.5 Å². The van der Waals surface area contributed by atoms with Crippen LogP contribution in [0.3, 0.4) is 0 Å². The minimum absolute atomic E-state index is 0.356. The molecule has 0 aliphatic carbocycles. The molecule has 5 nitrogen and oxygen atoms in total. The molecule has 1 N–H and O–H groups in total. The summed E-state index contributed by atoms with van der Waals surface area (Å²) in [6.07, 6.45) is 2.64. The maximum atomic E-state index is 10.5. The standard InChI is InChI=1S/C21H19N3O2/c1-16(14-25)7-9-23-19-6-5-18-8-10-24(21(18)12-19)15-26-20-4-2-3-17(11-20)13-22/h2-6,8,10-12,23H,7,9,15H2,1H3. The molecule has 0 aliphatic heterocycles. The van der Waals surface area contributed by atoms with Gasteiger partial charge in [-0.1, -0.05) is 12.1 Å². The molecule has 0 unspecified atom stereocenters. The summed E-state index contributed by atoms with van der Waals surface area (Å²) in [5.74, 6) is 2.58. The van der Waals surface area contributed by atoms with E-state index in [0.717, 1.165) is 16.6 Å². The Morgan fingerprint density at radius 3 is 2.92 bits per heavy atom. The van der Waals surface area contributed by atoms with Gasteiger partial charge in [-0.2, -0.15) is 5.26 Å². The molecule has 0 atom stereocenters. The van der Waals surface area contributed by atoms with Gasteiger partial charge in [0, 0.05) is 24.0 Å². The summed E-state index contributed by atoms with van der Waals surface area (Å²) >= 11 is 0. The van der Waals surface area contributed by atoms with Gasteiger partial charge in [-0.15, -0.1) is 0 Å². The molecule has 5 heteroatoms. The van der Waals surface area contributed by atoms with E-state index >= 15 is 0 Å². The van der Waals surface area contributed by atoms with E-state index in [-0.39, 0.29) is 0 Å². The van der Waals surface area contributed by atoms with E-state index in [2.05, 4.69) is 17.5 Å². The van der Waals surface area contributed by atoms with Gasteiger partial charge in [-0.25, -0.2) is 4.79 Å². The van der Waals surface area contributed by atoms with E-state index in [1.54, 1.807) is 25.1 Å². The number of fused-ring (bicyclic) bond motifs is 1. The van der Waals surface area contributed by atoms with Crippen LogP contribution < -0.4 is 10.1 Å². The predicted molar refractivity (Wildman–Crippen MR) is 102 cm³/mol. The average molecular weight is 345 g/mol. The van der Waals surface area contributed by atoms with Crippen LogP contribution in [-0.4, -0.2) is 17.1 Å². The largest absolute Gasteiger partial charge is 0.473 e. The second-order valence-corrected chi connectivity index (χ2v) is 6.03. The van der Waals surface area contributed by atoms with Gasteiger partial charge in [0.2, 0.25) is 0 Å². The molecule has 0 saturated carbocycles. The van der Waals surface area contributed by atoms with E-state index < -0.39 is 0 Å². The lowest BCUT2D eigenvalue weighted by atomic mass is 10.2. The van der Waals surface area contributed by atoms with Gasteiger partial charge < -0.3 is 14.6 Å². The van der Waals surface area contributed by atoms with Crippen LogP contribution in [0.2, 0.25) is 0 Å². The highest BCUT2D eigenvalue weighted by Gasteiger charge is 2.04. The number of ether oxygens (including phenoxy) is 1. The summed E-state index contributed by atoms with van der Waals surface area (Å²) in [5, 5.41) is 13.4. The van der Waals surface area contributed by atoms with Gasteiger partial charge in [-0.05, 0) is 55.1 Å². The number of aromatic nitrogens is 1. The molecule has 0 bridgehead atoms. The zero-order valence-electron chi connectivity index (χ0n) is 14.5. The van der Waals surface area contributed by atoms with Crippen LogP contribution >= 0.6 is 0 Å². The van der Waals surface area contributed by atoms with Crippen LogP contribution in [0.1, 0.15) is 18.9 Å². The molecule has 0 spiro atoms. The van der Waals surface area contributed by atoms with Crippen molar-refractivity contribution in [2.75, 3.05) is 11.9 Å². The van der Waals surface area contributed by atoms with Gasteiger partial charge in [-0.3, -0.25) is 0 Å². The number of hydrogen-bond donors (Lipinski definition) is 1. The smallest absolute Gasteiger partial charge is 0.165 e. The molecule has 0 amide bonds. The molecule has 130 valence electrons. The number of rotatable bonds is 7. The van der Waals surface area contributed by atoms with Gasteiger partial charge >= 0.3 is 0 Å². The molecule has 2 aromatic carbocycles. The summed E-state index contributed by atoms with van der Waals surface area (Å²) < 4.78 is 7.82. The molecule has 3 aromatic rings. The second-order valence-electron chi connectivity index (χ2n) is 6.03. The molecule has 0 saturated heterocycles. The Balaban J connectivity index is 1.71. The van der Waals surface area contributed by atoms with Gasteiger partial charge in [0.05, 0.1) is 17.1 Å². The first-order valence-corrected chi connectivity index (χ1v) is 8.36. The summed E-state index contributed by atoms with van der Waals surface area (Å²) in [6.45, 7) is 2.82. The van der Waals surface area contributed by atoms with Crippen LogP contribution in [0.25, 0.3) is 10.9 Å². The van der Waals surface area contributed by atoms with Crippen molar-refractivity contribution in [3.8, 4) is 11.8 Å². The third kappa shape index (κ3) is 4.13. The first-order valence-electron chi connectivity index (χ1n) is 8.36. The topological polar surface area (TPSA) is 67.1 Å². The Hall–Kier alpha value is -3.48. The molecule has 0 radical (unpaired) electrons. The number of benzene rings is 2. The lowest BCUT2D eigenvalue weighted by Crippen LogP contribution is -2.05. The van der Waals surface area contributed by atoms with Crippen LogP contribution in [0.5, 0.6) is 5.75 Å². The summed E-state index contributed by atoms with van der Waals surface area (Å²) in [4.78, 5) is 10.5. The molecule has 26 heavy (non-hydrogen) atoms. The third-order valence-corrected chi connectivity index (χ3v) is 4.11. The van der Waals surface area contributed by atoms with Crippen LogP contribution in [0.15, 0.2) is 60.3 Å². The highest BCUT2D eigenvalue weighted by Crippen LogP contribution is 2.22. The fourth-order valence-corrected chi connectivity index (χ4v) is 2.65. The Labute approximate surface area is 152 Å². The molecular weight excluding hydrogens is 326 g/mol. The fraction of sp³-hybridized carbons (Fsp3) is 0.190. The zero-order valence-corrected chi connectivity index (χ0v) is 14.5. The monoisotopic (exact) mass is 345 g/mol. The zero-order chi connectivity index (χ0) is 18.4. The fourth-order valence-electron chi connectivity index (χ4n) is 2.65. The molecule has 1 aromatic heterocycles. The Bertz CT molecular complexity index is 1010. The van der Waals surface area contributed by atoms with E-state index in [0.29, 0.717) is 36.6 Å². The van der Waals surface area contributed by atoms with Crippen molar-refractivity contribution in [3.63, 3.8) is 0 Å². The number of nitrogens with zero attached hydrogens (tertiary/aromatic N) is 2. The summed E-state index contributed by atoms with van der Waals surface area (Å²) in [6, 6.07) is 17.4. The lowest BCUT2D eigenvalue weighted by Gasteiger charge is -2.10. The predicted octanol–water partition coefficient (Wildman–Crippen LogP) is 4.13. The second kappa shape index (κ2) is 8.06. The first-order chi connectivity index (χ1) is 12.7. The van der Waals surface area contributed by atoms with E-state index in [1.165, 1.54) is 0 Å². The third-order valence-electron chi connectivity index (χ3n) is 4.11. The maximum Gasteiger partial charge on any atom is 0.165 e. The Kier molecular flexibility index (Phi) is 5.38. The van der Waals surface area contributed by atoms with Crippen LogP contribution in [0, 0.1) is 11.3 Å². The highest BCUT2D eigenvalue weighted by molar-refractivity contribution is 5.83. The number of hydrogen-bond acceptors (Lipinski definition) is 4. The number of carbonyl (C=O) groups excluding carboxylic acids is 1. The summed E-state index contributed by atoms with van der Waals surface area (Å²) in [7, 11) is 0. The van der Waals surface area contributed by atoms with Crippen LogP contribution in [0.4, 0.5) is 5.69 Å². The van der Waals surface area contributed by atoms with Gasteiger partial charge in [0.25, 0.3) is 0 Å². The van der Waals surface area contributed by atoms with Crippen molar-refractivity contribution in [3.05, 3.63) is 65.9 Å².